The molecule has 0 saturated carbocycles. The summed E-state index contributed by atoms with van der Waals surface area (Å²) in [6.45, 7) is 0. The number of fused-ring (bicyclic) bond motifs is 3. The average Bonchev–Trinajstić information content (AvgIpc) is 3.25. The third kappa shape index (κ3) is 6.76. The third-order valence-corrected chi connectivity index (χ3v) is 8.45. The van der Waals surface area contributed by atoms with Crippen LogP contribution in [0.1, 0.15) is 18.4 Å². The highest BCUT2D eigenvalue weighted by Gasteiger charge is 2.25. The normalized spacial score (nSPS) is 13.3. The fraction of sp³-hybridized carbons (Fsp3) is 0.192. The number of aliphatic carboxylic acids is 1. The molecule has 11 heteroatoms. The summed E-state index contributed by atoms with van der Waals surface area (Å²) in [4.78, 5) is 11.6. The lowest BCUT2D eigenvalue weighted by Crippen LogP contribution is -2.40. The number of benzene rings is 3. The number of carboxylic acids is 1. The maximum atomic E-state index is 12.9. The highest BCUT2D eigenvalue weighted by atomic mass is 32.2. The summed E-state index contributed by atoms with van der Waals surface area (Å²) in [5.74, 6) is -1.44. The quantitative estimate of drug-likeness (QED) is 0.247. The summed E-state index contributed by atoms with van der Waals surface area (Å²) in [6.07, 6.45) is 3.09. The second-order valence-electron chi connectivity index (χ2n) is 8.42. The minimum Gasteiger partial charge on any atom is -0.480 e. The zero-order valence-corrected chi connectivity index (χ0v) is 21.3. The number of para-hydroxylation sites is 1. The average molecular weight is 543 g/mol. The molecule has 1 aromatic heterocycles. The smallest absolute Gasteiger partial charge is 0.321 e. The molecule has 1 unspecified atom stereocenters. The Balaban J connectivity index is 1.36. The summed E-state index contributed by atoms with van der Waals surface area (Å²) in [6, 6.07) is 19.4. The lowest BCUT2D eigenvalue weighted by atomic mass is 10.1. The van der Waals surface area contributed by atoms with E-state index >= 15 is 0 Å². The molecule has 4 aromatic rings. The van der Waals surface area contributed by atoms with Crippen LogP contribution < -0.4 is 9.44 Å². The number of hydrogen-bond acceptors (Lipinski definition) is 6. The predicted molar refractivity (Wildman–Crippen MR) is 141 cm³/mol. The molecule has 0 aliphatic carbocycles. The SMILES string of the molecule is O=C(O)C(CCC=CNS(=O)(=O)CCc1ccccc1)NS(=O)(=O)c1ccc2oc3ccccc3c2c1. The van der Waals surface area contributed by atoms with Gasteiger partial charge in [-0.15, -0.1) is 0 Å². The van der Waals surface area contributed by atoms with Gasteiger partial charge in [-0.1, -0.05) is 54.6 Å². The van der Waals surface area contributed by atoms with Crippen molar-refractivity contribution in [3.63, 3.8) is 0 Å². The molecule has 37 heavy (non-hydrogen) atoms. The number of carboxylic acid groups (broad SMARTS) is 1. The number of allylic oxidation sites excluding steroid dienone is 1. The summed E-state index contributed by atoms with van der Waals surface area (Å²) in [5.41, 5.74) is 2.03. The Kier molecular flexibility index (Phi) is 7.96. The Morgan fingerprint density at radius 2 is 1.62 bits per heavy atom. The van der Waals surface area contributed by atoms with E-state index in [9.17, 15) is 26.7 Å². The molecule has 9 nitrogen and oxygen atoms in total. The second-order valence-corrected chi connectivity index (χ2v) is 12.0. The van der Waals surface area contributed by atoms with Gasteiger partial charge in [0, 0.05) is 17.0 Å². The molecule has 3 aromatic carbocycles. The minimum absolute atomic E-state index is 0.0757. The Morgan fingerprint density at radius 3 is 2.38 bits per heavy atom. The molecule has 0 radical (unpaired) electrons. The van der Waals surface area contributed by atoms with Gasteiger partial charge in [0.05, 0.1) is 10.6 Å². The van der Waals surface area contributed by atoms with Gasteiger partial charge in [0.2, 0.25) is 20.0 Å². The lowest BCUT2D eigenvalue weighted by molar-refractivity contribution is -0.139. The molecule has 0 aliphatic rings. The van der Waals surface area contributed by atoms with Gasteiger partial charge in [-0.05, 0) is 49.1 Å². The van der Waals surface area contributed by atoms with Crippen LogP contribution in [0.15, 0.2) is 94.4 Å². The molecule has 4 rings (SSSR count). The fourth-order valence-electron chi connectivity index (χ4n) is 3.81. The molecule has 0 saturated heterocycles. The van der Waals surface area contributed by atoms with E-state index in [1.165, 1.54) is 30.5 Å². The maximum absolute atomic E-state index is 12.9. The van der Waals surface area contributed by atoms with Gasteiger partial charge < -0.3 is 9.52 Å². The Hall–Kier alpha value is -3.67. The van der Waals surface area contributed by atoms with E-state index in [2.05, 4.69) is 9.44 Å². The molecule has 0 spiro atoms. The van der Waals surface area contributed by atoms with Crippen LogP contribution in [-0.2, 0) is 31.3 Å². The lowest BCUT2D eigenvalue weighted by Gasteiger charge is -2.14. The molecule has 0 aliphatic heterocycles. The van der Waals surface area contributed by atoms with Crippen LogP contribution in [0.5, 0.6) is 0 Å². The van der Waals surface area contributed by atoms with Gasteiger partial charge >= 0.3 is 5.97 Å². The topological polar surface area (TPSA) is 143 Å². The van der Waals surface area contributed by atoms with Gasteiger partial charge in [-0.3, -0.25) is 9.52 Å². The van der Waals surface area contributed by atoms with Gasteiger partial charge in [0.25, 0.3) is 0 Å². The van der Waals surface area contributed by atoms with Crippen LogP contribution in [-0.4, -0.2) is 39.7 Å². The van der Waals surface area contributed by atoms with E-state index in [-0.39, 0.29) is 23.5 Å². The van der Waals surface area contributed by atoms with Crippen molar-refractivity contribution >= 4 is 48.0 Å². The standard InChI is InChI=1S/C26H26N2O7S2/c29-26(30)23(11-6-7-16-27-36(31,32)17-15-19-8-2-1-3-9-19)28-37(33,34)20-13-14-25-22(18-20)21-10-4-5-12-24(21)35-25/h1-5,7-10,12-14,16,18,23,27-28H,6,11,15,17H2,(H,29,30). The Labute approximate surface area is 214 Å². The van der Waals surface area contributed by atoms with E-state index in [4.69, 9.17) is 4.42 Å². The highest BCUT2D eigenvalue weighted by Crippen LogP contribution is 2.30. The maximum Gasteiger partial charge on any atom is 0.321 e. The summed E-state index contributed by atoms with van der Waals surface area (Å²) >= 11 is 0. The van der Waals surface area contributed by atoms with Crippen molar-refractivity contribution in [2.24, 2.45) is 0 Å². The molecule has 194 valence electrons. The molecule has 3 N–H and O–H groups in total. The fourth-order valence-corrected chi connectivity index (χ4v) is 5.99. The van der Waals surface area contributed by atoms with Gasteiger partial charge in [-0.2, -0.15) is 4.72 Å². The van der Waals surface area contributed by atoms with Crippen LogP contribution in [0.2, 0.25) is 0 Å². The van der Waals surface area contributed by atoms with Crippen LogP contribution in [0.25, 0.3) is 21.9 Å². The van der Waals surface area contributed by atoms with E-state index in [1.54, 1.807) is 6.07 Å². The number of carbonyl (C=O) groups is 1. The van der Waals surface area contributed by atoms with Crippen molar-refractivity contribution in [3.05, 3.63) is 90.6 Å². The number of nitrogens with one attached hydrogen (secondary N) is 2. The molecule has 0 bridgehead atoms. The van der Waals surface area contributed by atoms with Gasteiger partial charge in [-0.25, -0.2) is 16.8 Å². The van der Waals surface area contributed by atoms with Gasteiger partial charge in [0.15, 0.2) is 0 Å². The highest BCUT2D eigenvalue weighted by molar-refractivity contribution is 7.89. The summed E-state index contributed by atoms with van der Waals surface area (Å²) < 4.78 is 60.5. The molecular formula is C26H26N2O7S2. The number of rotatable bonds is 12. The van der Waals surface area contributed by atoms with Crippen molar-refractivity contribution in [2.75, 3.05) is 5.75 Å². The van der Waals surface area contributed by atoms with Crippen molar-refractivity contribution in [1.29, 1.82) is 0 Å². The van der Waals surface area contributed by atoms with Crippen LogP contribution in [0, 0.1) is 0 Å². The summed E-state index contributed by atoms with van der Waals surface area (Å²) in [5, 5.41) is 10.9. The third-order valence-electron chi connectivity index (χ3n) is 5.74. The summed E-state index contributed by atoms with van der Waals surface area (Å²) in [7, 11) is -7.71. The molecule has 1 heterocycles. The zero-order chi connectivity index (χ0) is 26.5. The van der Waals surface area contributed by atoms with Crippen LogP contribution in [0.3, 0.4) is 0 Å². The molecule has 0 amide bonds. The molecule has 0 fully saturated rings. The van der Waals surface area contributed by atoms with Crippen molar-refractivity contribution < 1.29 is 31.2 Å². The predicted octanol–water partition coefficient (Wildman–Crippen LogP) is 3.77. The van der Waals surface area contributed by atoms with Gasteiger partial charge in [0.1, 0.15) is 17.2 Å². The first kappa shape index (κ1) is 26.4. The largest absolute Gasteiger partial charge is 0.480 e. The molecular weight excluding hydrogens is 516 g/mol. The first-order valence-electron chi connectivity index (χ1n) is 11.5. The molecule has 1 atom stereocenters. The number of hydrogen-bond donors (Lipinski definition) is 3. The zero-order valence-electron chi connectivity index (χ0n) is 19.7. The van der Waals surface area contributed by atoms with Crippen molar-refractivity contribution in [2.45, 2.75) is 30.2 Å². The monoisotopic (exact) mass is 542 g/mol. The van der Waals surface area contributed by atoms with E-state index in [1.807, 2.05) is 48.5 Å². The minimum atomic E-state index is -4.15. The van der Waals surface area contributed by atoms with Crippen molar-refractivity contribution in [3.8, 4) is 0 Å². The second kappa shape index (κ2) is 11.2. The van der Waals surface area contributed by atoms with E-state index < -0.39 is 32.1 Å². The number of aryl methyl sites for hydroxylation is 1. The van der Waals surface area contributed by atoms with Crippen LogP contribution in [0.4, 0.5) is 0 Å². The Morgan fingerprint density at radius 1 is 0.919 bits per heavy atom. The number of sulfonamides is 2. The Bertz CT molecular complexity index is 1640. The van der Waals surface area contributed by atoms with Crippen LogP contribution >= 0.6 is 0 Å². The van der Waals surface area contributed by atoms with E-state index in [0.29, 0.717) is 23.0 Å². The van der Waals surface area contributed by atoms with E-state index in [0.717, 1.165) is 10.9 Å². The van der Waals surface area contributed by atoms with Crippen molar-refractivity contribution in [1.82, 2.24) is 9.44 Å². The number of furan rings is 1. The first-order valence-corrected chi connectivity index (χ1v) is 14.6. The first-order chi connectivity index (χ1) is 17.6.